The molecule has 3 aromatic rings. The number of carbonyl (C=O) groups is 2. The van der Waals surface area contributed by atoms with E-state index in [1.165, 1.54) is 6.07 Å². The van der Waals surface area contributed by atoms with Gasteiger partial charge in [0, 0.05) is 20.7 Å². The minimum atomic E-state index is -0.852. The number of nitrogens with one attached hydrogen (secondary N) is 1. The second-order valence-corrected chi connectivity index (χ2v) is 7.22. The molecule has 6 nitrogen and oxygen atoms in total. The molecule has 0 aliphatic rings. The standard InChI is InChI=1S/C20H16ClNO5S/c1-2-27-15(23)10-22-19(25)16-17(24)14-9-12(21)8-13(18(14)28-20(16)26)11-6-4-3-5-7-11/h3-9,24H,2,10H2,1H3,(H,22,25). The fourth-order valence-electron chi connectivity index (χ4n) is 2.74. The third kappa shape index (κ3) is 4.00. The summed E-state index contributed by atoms with van der Waals surface area (Å²) >= 11 is 7.04. The number of hydrogen-bond donors (Lipinski definition) is 2. The van der Waals surface area contributed by atoms with E-state index in [0.29, 0.717) is 15.3 Å². The average Bonchev–Trinajstić information content (AvgIpc) is 2.67. The minimum absolute atomic E-state index is 0.172. The van der Waals surface area contributed by atoms with Crippen LogP contribution in [0.5, 0.6) is 5.75 Å². The first-order valence-corrected chi connectivity index (χ1v) is 9.60. The lowest BCUT2D eigenvalue weighted by Crippen LogP contribution is -2.33. The number of amides is 1. The normalized spacial score (nSPS) is 10.6. The second-order valence-electron chi connectivity index (χ2n) is 5.80. The topological polar surface area (TPSA) is 92.7 Å². The maximum atomic E-state index is 12.6. The van der Waals surface area contributed by atoms with E-state index in [0.717, 1.165) is 16.9 Å². The number of benzene rings is 2. The van der Waals surface area contributed by atoms with Crippen molar-refractivity contribution in [2.24, 2.45) is 0 Å². The number of hydrogen-bond acceptors (Lipinski definition) is 6. The molecule has 8 heteroatoms. The summed E-state index contributed by atoms with van der Waals surface area (Å²) in [6.07, 6.45) is 0. The Hall–Kier alpha value is -2.90. The van der Waals surface area contributed by atoms with Gasteiger partial charge in [-0.1, -0.05) is 53.3 Å². The summed E-state index contributed by atoms with van der Waals surface area (Å²) in [5.41, 5.74) is 1.08. The highest BCUT2D eigenvalue weighted by Gasteiger charge is 2.22. The van der Waals surface area contributed by atoms with E-state index >= 15 is 0 Å². The van der Waals surface area contributed by atoms with Crippen molar-refractivity contribution in [2.45, 2.75) is 6.92 Å². The molecule has 0 spiro atoms. The Labute approximate surface area is 169 Å². The molecule has 1 amide bonds. The monoisotopic (exact) mass is 417 g/mol. The van der Waals surface area contributed by atoms with Crippen molar-refractivity contribution in [3.8, 4) is 16.9 Å². The van der Waals surface area contributed by atoms with Gasteiger partial charge in [-0.3, -0.25) is 14.4 Å². The lowest BCUT2D eigenvalue weighted by atomic mass is 10.0. The zero-order valence-electron chi connectivity index (χ0n) is 14.8. The number of ether oxygens (including phenoxy) is 1. The lowest BCUT2D eigenvalue weighted by molar-refractivity contribution is -0.141. The molecule has 0 bridgehead atoms. The van der Waals surface area contributed by atoms with Gasteiger partial charge in [0.2, 0.25) is 4.74 Å². The van der Waals surface area contributed by atoms with Crippen LogP contribution in [-0.4, -0.2) is 30.1 Å². The number of rotatable bonds is 5. The molecule has 0 unspecified atom stereocenters. The predicted molar refractivity (Wildman–Crippen MR) is 109 cm³/mol. The van der Waals surface area contributed by atoms with E-state index in [2.05, 4.69) is 5.32 Å². The van der Waals surface area contributed by atoms with E-state index in [1.54, 1.807) is 13.0 Å². The molecular weight excluding hydrogens is 402 g/mol. The van der Waals surface area contributed by atoms with Crippen LogP contribution in [0.4, 0.5) is 0 Å². The first-order valence-electron chi connectivity index (χ1n) is 8.41. The quantitative estimate of drug-likeness (QED) is 0.619. The van der Waals surface area contributed by atoms with Gasteiger partial charge in [-0.25, -0.2) is 0 Å². The maximum Gasteiger partial charge on any atom is 0.325 e. The van der Waals surface area contributed by atoms with Gasteiger partial charge in [-0.2, -0.15) is 0 Å². The van der Waals surface area contributed by atoms with E-state index in [9.17, 15) is 19.5 Å². The van der Waals surface area contributed by atoms with Crippen LogP contribution in [0, 0.1) is 0 Å². The van der Waals surface area contributed by atoms with Crippen LogP contribution in [0.3, 0.4) is 0 Å². The van der Waals surface area contributed by atoms with E-state index < -0.39 is 34.5 Å². The Kier molecular flexibility index (Phi) is 5.96. The second kappa shape index (κ2) is 8.41. The smallest absolute Gasteiger partial charge is 0.325 e. The highest BCUT2D eigenvalue weighted by atomic mass is 35.5. The summed E-state index contributed by atoms with van der Waals surface area (Å²) in [5, 5.41) is 13.6. The summed E-state index contributed by atoms with van der Waals surface area (Å²) in [4.78, 5) is 36.4. The average molecular weight is 418 g/mol. The zero-order valence-corrected chi connectivity index (χ0v) is 16.4. The fourth-order valence-corrected chi connectivity index (χ4v) is 3.99. The Balaban J connectivity index is 2.09. The summed E-state index contributed by atoms with van der Waals surface area (Å²) < 4.78 is 4.62. The predicted octanol–water partition coefficient (Wildman–Crippen LogP) is 3.58. The molecule has 2 N–H and O–H groups in total. The van der Waals surface area contributed by atoms with E-state index in [1.807, 2.05) is 30.3 Å². The van der Waals surface area contributed by atoms with Gasteiger partial charge >= 0.3 is 5.97 Å². The number of carbonyl (C=O) groups excluding carboxylic acids is 2. The Morgan fingerprint density at radius 2 is 1.93 bits per heavy atom. The summed E-state index contributed by atoms with van der Waals surface area (Å²) in [7, 11) is 0. The van der Waals surface area contributed by atoms with Crippen LogP contribution in [0.25, 0.3) is 21.2 Å². The summed E-state index contributed by atoms with van der Waals surface area (Å²) in [6.45, 7) is 1.41. The van der Waals surface area contributed by atoms with Crippen LogP contribution < -0.4 is 10.1 Å². The summed E-state index contributed by atoms with van der Waals surface area (Å²) in [6, 6.07) is 12.5. The fraction of sp³-hybridized carbons (Fsp3) is 0.150. The first-order chi connectivity index (χ1) is 13.4. The zero-order chi connectivity index (χ0) is 20.3. The lowest BCUT2D eigenvalue weighted by Gasteiger charge is -2.11. The van der Waals surface area contributed by atoms with Gasteiger partial charge in [0.05, 0.1) is 6.61 Å². The highest BCUT2D eigenvalue weighted by Crippen LogP contribution is 2.38. The van der Waals surface area contributed by atoms with Crippen LogP contribution in [0.15, 0.2) is 47.3 Å². The van der Waals surface area contributed by atoms with Crippen LogP contribution in [0.1, 0.15) is 17.3 Å². The Morgan fingerprint density at radius 3 is 2.61 bits per heavy atom. The Morgan fingerprint density at radius 1 is 1.21 bits per heavy atom. The first kappa shape index (κ1) is 19.9. The molecule has 0 radical (unpaired) electrons. The van der Waals surface area contributed by atoms with E-state index in [4.69, 9.17) is 16.3 Å². The van der Waals surface area contributed by atoms with Crippen LogP contribution >= 0.6 is 22.9 Å². The van der Waals surface area contributed by atoms with Gasteiger partial charge < -0.3 is 15.2 Å². The van der Waals surface area contributed by atoms with Crippen LogP contribution in [0.2, 0.25) is 5.02 Å². The maximum absolute atomic E-state index is 12.6. The molecule has 0 aliphatic carbocycles. The molecular formula is C20H16ClNO5S. The van der Waals surface area contributed by atoms with Crippen molar-refractivity contribution in [3.63, 3.8) is 0 Å². The van der Waals surface area contributed by atoms with Crippen molar-refractivity contribution in [2.75, 3.05) is 13.2 Å². The molecule has 28 heavy (non-hydrogen) atoms. The number of aromatic hydroxyl groups is 1. The van der Waals surface area contributed by atoms with Gasteiger partial charge in [0.25, 0.3) is 5.91 Å². The molecule has 2 aromatic carbocycles. The molecule has 3 rings (SSSR count). The molecule has 0 saturated heterocycles. The van der Waals surface area contributed by atoms with Gasteiger partial charge in [0.1, 0.15) is 17.9 Å². The highest BCUT2D eigenvalue weighted by molar-refractivity contribution is 7.17. The molecule has 1 aromatic heterocycles. The number of halogens is 1. The van der Waals surface area contributed by atoms with Crippen molar-refractivity contribution in [3.05, 3.63) is 62.6 Å². The molecule has 0 saturated carbocycles. The van der Waals surface area contributed by atoms with Crippen molar-refractivity contribution < 1.29 is 19.4 Å². The number of esters is 1. The van der Waals surface area contributed by atoms with Gasteiger partial charge in [-0.15, -0.1) is 0 Å². The van der Waals surface area contributed by atoms with Crippen LogP contribution in [-0.2, 0) is 9.53 Å². The van der Waals surface area contributed by atoms with Gasteiger partial charge in [0.15, 0.2) is 0 Å². The summed E-state index contributed by atoms with van der Waals surface area (Å²) in [5.74, 6) is -1.96. The SMILES string of the molecule is CCOC(=O)CNC(=O)c1c(O)c2cc(Cl)cc(-c3ccccc3)c2sc1=O. The largest absolute Gasteiger partial charge is 0.506 e. The third-order valence-electron chi connectivity index (χ3n) is 3.95. The molecule has 1 heterocycles. The van der Waals surface area contributed by atoms with Crippen molar-refractivity contribution >= 4 is 44.9 Å². The van der Waals surface area contributed by atoms with Gasteiger partial charge in [-0.05, 0) is 24.6 Å². The Bertz CT molecular complexity index is 1110. The third-order valence-corrected chi connectivity index (χ3v) is 5.21. The molecule has 0 aliphatic heterocycles. The molecule has 0 fully saturated rings. The van der Waals surface area contributed by atoms with Crippen molar-refractivity contribution in [1.29, 1.82) is 0 Å². The molecule has 0 atom stereocenters. The van der Waals surface area contributed by atoms with E-state index in [-0.39, 0.29) is 12.0 Å². The number of fused-ring (bicyclic) bond motifs is 1. The molecule has 144 valence electrons. The minimum Gasteiger partial charge on any atom is -0.506 e. The van der Waals surface area contributed by atoms with Crippen molar-refractivity contribution in [1.82, 2.24) is 5.32 Å².